The molecule has 8 aromatic rings. The zero-order chi connectivity index (χ0) is 39.2. The summed E-state index contributed by atoms with van der Waals surface area (Å²) in [6.07, 6.45) is 16.6. The summed E-state index contributed by atoms with van der Waals surface area (Å²) in [5.41, 5.74) is 14.0. The van der Waals surface area contributed by atoms with Crippen LogP contribution in [0.3, 0.4) is 0 Å². The van der Waals surface area contributed by atoms with Gasteiger partial charge in [0.2, 0.25) is 0 Å². The molecule has 58 heavy (non-hydrogen) atoms. The van der Waals surface area contributed by atoms with Crippen LogP contribution in [-0.4, -0.2) is 0 Å². The lowest BCUT2D eigenvalue weighted by atomic mass is 10.00. The minimum Gasteiger partial charge on any atom is -0.317 e. The molecule has 8 aromatic carbocycles. The fourth-order valence-electron chi connectivity index (χ4n) is 6.95. The maximum absolute atomic E-state index is 2.22. The molecule has 278 valence electrons. The third-order valence-electron chi connectivity index (χ3n) is 10.0. The Labute approximate surface area is 343 Å². The smallest absolute Gasteiger partial charge is 0.0455 e. The number of rotatable bonds is 13. The monoisotopic (exact) mass is 744 g/mol. The molecule has 0 aromatic heterocycles. The standard InChI is InChI=1S/C56H44N2/c1(3-17-43-57(53-25-15-8-16-26-53)54-41-35-52(36-42-54)49-29-27-48(28-30-49)45-19-9-5-10-20-45)2-4-18-44-58(55-37-31-50(32-38-55)46-21-11-6-12-22-46)56-39-33-51(34-40-56)47-23-13-7-14-24-47/h1-44H/b3-1+,4-2+,43-17+,44-18+. The Bertz CT molecular complexity index is 2510. The summed E-state index contributed by atoms with van der Waals surface area (Å²) >= 11 is 0. The summed E-state index contributed by atoms with van der Waals surface area (Å²) in [7, 11) is 0. The maximum Gasteiger partial charge on any atom is 0.0455 e. The van der Waals surface area contributed by atoms with Crippen LogP contribution in [0.5, 0.6) is 0 Å². The second-order valence-electron chi connectivity index (χ2n) is 13.8. The minimum absolute atomic E-state index is 1.09. The largest absolute Gasteiger partial charge is 0.317 e. The Kier molecular flexibility index (Phi) is 12.1. The van der Waals surface area contributed by atoms with Gasteiger partial charge in [-0.3, -0.25) is 0 Å². The fraction of sp³-hybridized carbons (Fsp3) is 0. The average Bonchev–Trinajstić information content (AvgIpc) is 3.31. The number of anilines is 4. The number of nitrogens with zero attached hydrogens (tertiary/aromatic N) is 2. The molecule has 2 heteroatoms. The van der Waals surface area contributed by atoms with E-state index in [0.29, 0.717) is 0 Å². The number of allylic oxidation sites excluding steroid dienone is 6. The first-order valence-corrected chi connectivity index (χ1v) is 19.7. The van der Waals surface area contributed by atoms with E-state index in [0.717, 1.165) is 22.7 Å². The quantitative estimate of drug-likeness (QED) is 0.108. The van der Waals surface area contributed by atoms with Gasteiger partial charge >= 0.3 is 0 Å². The Morgan fingerprint density at radius 1 is 0.190 bits per heavy atom. The van der Waals surface area contributed by atoms with Crippen molar-refractivity contribution in [1.29, 1.82) is 0 Å². The highest BCUT2D eigenvalue weighted by atomic mass is 15.1. The highest BCUT2D eigenvalue weighted by Gasteiger charge is 2.09. The minimum atomic E-state index is 1.09. The number of hydrogen-bond acceptors (Lipinski definition) is 2. The van der Waals surface area contributed by atoms with Crippen molar-refractivity contribution in [1.82, 2.24) is 0 Å². The first-order chi connectivity index (χ1) is 28.8. The molecule has 0 aliphatic carbocycles. The van der Waals surface area contributed by atoms with Crippen molar-refractivity contribution in [2.45, 2.75) is 0 Å². The van der Waals surface area contributed by atoms with Crippen LogP contribution in [0.25, 0.3) is 44.5 Å². The topological polar surface area (TPSA) is 6.48 Å². The van der Waals surface area contributed by atoms with E-state index in [4.69, 9.17) is 0 Å². The second-order valence-corrected chi connectivity index (χ2v) is 13.8. The van der Waals surface area contributed by atoms with Crippen LogP contribution in [0.2, 0.25) is 0 Å². The molecule has 0 bridgehead atoms. The molecular weight excluding hydrogens is 701 g/mol. The van der Waals surface area contributed by atoms with Crippen molar-refractivity contribution in [2.24, 2.45) is 0 Å². The van der Waals surface area contributed by atoms with Crippen molar-refractivity contribution in [3.63, 3.8) is 0 Å². The zero-order valence-electron chi connectivity index (χ0n) is 32.3. The normalized spacial score (nSPS) is 11.5. The first kappa shape index (κ1) is 37.3. The van der Waals surface area contributed by atoms with E-state index in [1.54, 1.807) is 0 Å². The lowest BCUT2D eigenvalue weighted by Crippen LogP contribution is -2.08. The molecule has 0 heterocycles. The molecule has 0 saturated heterocycles. The van der Waals surface area contributed by atoms with E-state index in [9.17, 15) is 0 Å². The lowest BCUT2D eigenvalue weighted by molar-refractivity contribution is 1.28. The van der Waals surface area contributed by atoms with Gasteiger partial charge in [0.05, 0.1) is 0 Å². The third kappa shape index (κ3) is 9.39. The van der Waals surface area contributed by atoms with Gasteiger partial charge in [-0.15, -0.1) is 0 Å². The summed E-state index contributed by atoms with van der Waals surface area (Å²) in [6, 6.07) is 77.0. The summed E-state index contributed by atoms with van der Waals surface area (Å²) in [5, 5.41) is 0. The van der Waals surface area contributed by atoms with Crippen molar-refractivity contribution in [2.75, 3.05) is 9.80 Å². The van der Waals surface area contributed by atoms with E-state index in [2.05, 4.69) is 271 Å². The molecule has 2 nitrogen and oxygen atoms in total. The van der Waals surface area contributed by atoms with Crippen molar-refractivity contribution < 1.29 is 0 Å². The molecular formula is C56H44N2. The van der Waals surface area contributed by atoms with Crippen molar-refractivity contribution in [3.05, 3.63) is 267 Å². The number of para-hydroxylation sites is 1. The first-order valence-electron chi connectivity index (χ1n) is 19.7. The summed E-state index contributed by atoms with van der Waals surface area (Å²) < 4.78 is 0. The van der Waals surface area contributed by atoms with E-state index >= 15 is 0 Å². The second kappa shape index (κ2) is 18.8. The zero-order valence-corrected chi connectivity index (χ0v) is 32.3. The van der Waals surface area contributed by atoms with Crippen LogP contribution in [0, 0.1) is 0 Å². The highest BCUT2D eigenvalue weighted by Crippen LogP contribution is 2.32. The van der Waals surface area contributed by atoms with Crippen LogP contribution in [-0.2, 0) is 0 Å². The predicted molar refractivity (Wildman–Crippen MR) is 248 cm³/mol. The molecule has 0 radical (unpaired) electrons. The van der Waals surface area contributed by atoms with Gasteiger partial charge in [0.1, 0.15) is 0 Å². The molecule has 0 spiro atoms. The molecule has 0 aliphatic rings. The summed E-state index contributed by atoms with van der Waals surface area (Å²) in [6.45, 7) is 0. The maximum atomic E-state index is 2.22. The average molecular weight is 745 g/mol. The summed E-state index contributed by atoms with van der Waals surface area (Å²) in [4.78, 5) is 4.43. The number of benzene rings is 8. The van der Waals surface area contributed by atoms with E-state index in [1.807, 2.05) is 6.07 Å². The fourth-order valence-corrected chi connectivity index (χ4v) is 6.95. The SMILES string of the molecule is C(/C=C/C=C/N(c1ccc(-c2ccccc2)cc1)c1ccc(-c2ccccc2)cc1)=C\C=C\N(c1ccccc1)c1ccc(-c2ccc(-c3ccccc3)cc2)cc1. The number of hydrogen-bond donors (Lipinski definition) is 0. The van der Waals surface area contributed by atoms with Gasteiger partial charge in [0.25, 0.3) is 0 Å². The Balaban J connectivity index is 0.962. The van der Waals surface area contributed by atoms with E-state index in [1.165, 1.54) is 44.5 Å². The lowest BCUT2D eigenvalue weighted by Gasteiger charge is -2.21. The van der Waals surface area contributed by atoms with Crippen LogP contribution in [0.1, 0.15) is 0 Å². The van der Waals surface area contributed by atoms with Gasteiger partial charge in [-0.2, -0.15) is 0 Å². The highest BCUT2D eigenvalue weighted by molar-refractivity contribution is 5.75. The van der Waals surface area contributed by atoms with Gasteiger partial charge in [-0.05, 0) is 105 Å². The van der Waals surface area contributed by atoms with Crippen LogP contribution in [0.15, 0.2) is 267 Å². The Morgan fingerprint density at radius 2 is 0.397 bits per heavy atom. The van der Waals surface area contributed by atoms with Gasteiger partial charge in [0.15, 0.2) is 0 Å². The van der Waals surface area contributed by atoms with E-state index in [-0.39, 0.29) is 0 Å². The Hall–Kier alpha value is -7.68. The van der Waals surface area contributed by atoms with Crippen molar-refractivity contribution >= 4 is 22.7 Å². The third-order valence-corrected chi connectivity index (χ3v) is 10.0. The summed E-state index contributed by atoms with van der Waals surface area (Å²) in [5.74, 6) is 0. The molecule has 8 rings (SSSR count). The molecule has 0 amide bonds. The van der Waals surface area contributed by atoms with Crippen molar-refractivity contribution in [3.8, 4) is 44.5 Å². The molecule has 0 unspecified atom stereocenters. The van der Waals surface area contributed by atoms with E-state index < -0.39 is 0 Å². The van der Waals surface area contributed by atoms with Gasteiger partial charge < -0.3 is 9.80 Å². The van der Waals surface area contributed by atoms with Crippen LogP contribution >= 0.6 is 0 Å². The predicted octanol–water partition coefficient (Wildman–Crippen LogP) is 15.5. The van der Waals surface area contributed by atoms with Gasteiger partial charge in [-0.25, -0.2) is 0 Å². The van der Waals surface area contributed by atoms with Gasteiger partial charge in [-0.1, -0.05) is 194 Å². The molecule has 0 aliphatic heterocycles. The van der Waals surface area contributed by atoms with Crippen LogP contribution in [0.4, 0.5) is 22.7 Å². The molecule has 0 N–H and O–H groups in total. The molecule has 0 saturated carbocycles. The molecule has 0 atom stereocenters. The molecule has 0 fully saturated rings. The Morgan fingerprint density at radius 3 is 0.690 bits per heavy atom. The van der Waals surface area contributed by atoms with Crippen LogP contribution < -0.4 is 9.80 Å². The van der Waals surface area contributed by atoms with Gasteiger partial charge in [0, 0.05) is 35.1 Å².